The van der Waals surface area contributed by atoms with Crippen molar-refractivity contribution in [1.29, 1.82) is 0 Å². The van der Waals surface area contributed by atoms with E-state index in [4.69, 9.17) is 5.73 Å². The first-order valence-electron chi connectivity index (χ1n) is 12.0. The van der Waals surface area contributed by atoms with E-state index < -0.39 is 0 Å². The number of benzene rings is 1. The first-order valence-corrected chi connectivity index (χ1v) is 12.0. The molecule has 1 rings (SSSR count). The molecule has 0 aromatic heterocycles. The minimum absolute atomic E-state index is 0. The molecule has 0 aliphatic heterocycles. The van der Waals surface area contributed by atoms with E-state index in [0.29, 0.717) is 5.92 Å². The van der Waals surface area contributed by atoms with E-state index >= 15 is 0 Å². The molecule has 1 unspecified atom stereocenters. The van der Waals surface area contributed by atoms with Gasteiger partial charge in [-0.15, -0.1) is 0 Å². The van der Waals surface area contributed by atoms with Gasteiger partial charge in [0.05, 0.1) is 0 Å². The summed E-state index contributed by atoms with van der Waals surface area (Å²) in [7, 11) is 0. The van der Waals surface area contributed by atoms with Gasteiger partial charge in [0, 0.05) is 11.5 Å². The van der Waals surface area contributed by atoms with E-state index in [1.165, 1.54) is 89.0 Å². The lowest BCUT2D eigenvalue weighted by Crippen LogP contribution is -2.44. The summed E-state index contributed by atoms with van der Waals surface area (Å²) < 4.78 is 0. The summed E-state index contributed by atoms with van der Waals surface area (Å²) in [6.45, 7) is 6.80. The average molecular weight is 392 g/mol. The summed E-state index contributed by atoms with van der Waals surface area (Å²) in [5.41, 5.74) is 8.19. The second kappa shape index (κ2) is 17.0. The van der Waals surface area contributed by atoms with Crippen molar-refractivity contribution in [2.45, 2.75) is 129 Å². The molecule has 0 heterocycles. The Morgan fingerprint density at radius 1 is 0.679 bits per heavy atom. The SMILES string of the molecule is CCCCCCCCCCCCCCC(c1ccccc1)C(N)(CC)CC.O. The molecule has 0 aliphatic carbocycles. The monoisotopic (exact) mass is 391 g/mol. The lowest BCUT2D eigenvalue weighted by Gasteiger charge is -2.37. The Hall–Kier alpha value is -0.860. The van der Waals surface area contributed by atoms with Crippen LogP contribution in [0.5, 0.6) is 0 Å². The van der Waals surface area contributed by atoms with E-state index in [1.807, 2.05) is 0 Å². The smallest absolute Gasteiger partial charge is 0.0218 e. The molecule has 2 nitrogen and oxygen atoms in total. The summed E-state index contributed by atoms with van der Waals surface area (Å²) in [6, 6.07) is 11.0. The van der Waals surface area contributed by atoms with Crippen LogP contribution >= 0.6 is 0 Å². The van der Waals surface area contributed by atoms with Gasteiger partial charge in [-0.25, -0.2) is 0 Å². The summed E-state index contributed by atoms with van der Waals surface area (Å²) in [6.07, 6.45) is 20.3. The summed E-state index contributed by atoms with van der Waals surface area (Å²) in [5, 5.41) is 0. The zero-order valence-corrected chi connectivity index (χ0v) is 19.1. The van der Waals surface area contributed by atoms with Gasteiger partial charge in [-0.05, 0) is 24.8 Å². The first-order chi connectivity index (χ1) is 13.2. The standard InChI is InChI=1S/C26H47N.H2O/c1-4-7-8-9-10-11-12-13-14-15-16-20-23-25(26(27,5-2)6-3)24-21-18-17-19-22-24;/h17-19,21-22,25H,4-16,20,23,27H2,1-3H3;1H2. The van der Waals surface area contributed by atoms with Gasteiger partial charge < -0.3 is 11.2 Å². The summed E-state index contributed by atoms with van der Waals surface area (Å²) >= 11 is 0. The Balaban J connectivity index is 0.00000729. The highest BCUT2D eigenvalue weighted by Crippen LogP contribution is 2.36. The molecule has 0 saturated heterocycles. The van der Waals surface area contributed by atoms with Gasteiger partial charge in [0.2, 0.25) is 0 Å². The van der Waals surface area contributed by atoms with Crippen LogP contribution in [0, 0.1) is 0 Å². The van der Waals surface area contributed by atoms with E-state index in [9.17, 15) is 0 Å². The third-order valence-corrected chi connectivity index (χ3v) is 6.56. The Morgan fingerprint density at radius 2 is 1.11 bits per heavy atom. The molecule has 0 amide bonds. The number of nitrogens with two attached hydrogens (primary N) is 1. The van der Waals surface area contributed by atoms with Gasteiger partial charge in [0.15, 0.2) is 0 Å². The molecule has 2 heteroatoms. The third-order valence-electron chi connectivity index (χ3n) is 6.56. The molecule has 0 fully saturated rings. The Kier molecular flexibility index (Phi) is 16.5. The van der Waals surface area contributed by atoms with Crippen molar-refractivity contribution in [2.24, 2.45) is 5.73 Å². The lowest BCUT2D eigenvalue weighted by molar-refractivity contribution is 0.300. The average Bonchev–Trinajstić information content (AvgIpc) is 2.71. The van der Waals surface area contributed by atoms with Gasteiger partial charge in [-0.3, -0.25) is 0 Å². The predicted octanol–water partition coefficient (Wildman–Crippen LogP) is 7.55. The normalized spacial score (nSPS) is 12.6. The van der Waals surface area contributed by atoms with Crippen LogP contribution in [-0.2, 0) is 0 Å². The second-order valence-electron chi connectivity index (χ2n) is 8.58. The van der Waals surface area contributed by atoms with Crippen LogP contribution in [0.15, 0.2) is 30.3 Å². The highest BCUT2D eigenvalue weighted by molar-refractivity contribution is 5.23. The second-order valence-corrected chi connectivity index (χ2v) is 8.58. The van der Waals surface area contributed by atoms with Gasteiger partial charge in [-0.2, -0.15) is 0 Å². The predicted molar refractivity (Wildman–Crippen MR) is 126 cm³/mol. The molecule has 164 valence electrons. The molecule has 0 spiro atoms. The van der Waals surface area contributed by atoms with E-state index in [0.717, 1.165) is 12.8 Å². The molecule has 4 N–H and O–H groups in total. The lowest BCUT2D eigenvalue weighted by atomic mass is 9.73. The fourth-order valence-corrected chi connectivity index (χ4v) is 4.40. The van der Waals surface area contributed by atoms with Crippen molar-refractivity contribution >= 4 is 0 Å². The Morgan fingerprint density at radius 3 is 1.54 bits per heavy atom. The molecule has 0 saturated carbocycles. The van der Waals surface area contributed by atoms with Crippen molar-refractivity contribution in [3.8, 4) is 0 Å². The number of hydrogen-bond donors (Lipinski definition) is 1. The maximum Gasteiger partial charge on any atom is 0.0218 e. The Bertz CT molecular complexity index is 441. The third kappa shape index (κ3) is 10.6. The van der Waals surface area contributed by atoms with E-state index in [1.54, 1.807) is 0 Å². The van der Waals surface area contributed by atoms with Crippen molar-refractivity contribution in [2.75, 3.05) is 0 Å². The van der Waals surface area contributed by atoms with Gasteiger partial charge >= 0.3 is 0 Å². The van der Waals surface area contributed by atoms with Gasteiger partial charge in [-0.1, -0.05) is 128 Å². The molecular formula is C26H49NO. The van der Waals surface area contributed by atoms with E-state index in [2.05, 4.69) is 51.1 Å². The van der Waals surface area contributed by atoms with Crippen LogP contribution in [-0.4, -0.2) is 11.0 Å². The topological polar surface area (TPSA) is 57.5 Å². The zero-order valence-electron chi connectivity index (χ0n) is 19.1. The minimum atomic E-state index is -0.0564. The van der Waals surface area contributed by atoms with Crippen LogP contribution in [0.4, 0.5) is 0 Å². The molecular weight excluding hydrogens is 342 g/mol. The van der Waals surface area contributed by atoms with Crippen LogP contribution in [0.3, 0.4) is 0 Å². The summed E-state index contributed by atoms with van der Waals surface area (Å²) in [5.74, 6) is 0.497. The maximum absolute atomic E-state index is 6.81. The molecule has 28 heavy (non-hydrogen) atoms. The van der Waals surface area contributed by atoms with Crippen molar-refractivity contribution < 1.29 is 5.48 Å². The number of rotatable bonds is 17. The molecule has 1 atom stereocenters. The van der Waals surface area contributed by atoms with Crippen LogP contribution in [0.25, 0.3) is 0 Å². The highest BCUT2D eigenvalue weighted by Gasteiger charge is 2.32. The molecule has 0 aliphatic rings. The zero-order chi connectivity index (χ0) is 19.8. The van der Waals surface area contributed by atoms with Crippen molar-refractivity contribution in [1.82, 2.24) is 0 Å². The fraction of sp³-hybridized carbons (Fsp3) is 0.769. The first kappa shape index (κ1) is 27.1. The maximum atomic E-state index is 6.81. The fourth-order valence-electron chi connectivity index (χ4n) is 4.40. The molecule has 1 aromatic carbocycles. The molecule has 0 bridgehead atoms. The largest absolute Gasteiger partial charge is 0.412 e. The van der Waals surface area contributed by atoms with Gasteiger partial charge in [0.1, 0.15) is 0 Å². The van der Waals surface area contributed by atoms with Crippen molar-refractivity contribution in [3.63, 3.8) is 0 Å². The quantitative estimate of drug-likeness (QED) is 0.274. The summed E-state index contributed by atoms with van der Waals surface area (Å²) in [4.78, 5) is 0. The van der Waals surface area contributed by atoms with Crippen LogP contribution in [0.2, 0.25) is 0 Å². The minimum Gasteiger partial charge on any atom is -0.412 e. The van der Waals surface area contributed by atoms with E-state index in [-0.39, 0.29) is 11.0 Å². The Labute approximate surface area is 176 Å². The number of hydrogen-bond acceptors (Lipinski definition) is 1. The van der Waals surface area contributed by atoms with Crippen LogP contribution < -0.4 is 5.73 Å². The van der Waals surface area contributed by atoms with Gasteiger partial charge in [0.25, 0.3) is 0 Å². The van der Waals surface area contributed by atoms with Crippen molar-refractivity contribution in [3.05, 3.63) is 35.9 Å². The molecule has 1 aromatic rings. The molecule has 0 radical (unpaired) electrons. The number of unbranched alkanes of at least 4 members (excludes halogenated alkanes) is 11. The van der Waals surface area contributed by atoms with Crippen LogP contribution in [0.1, 0.15) is 129 Å². The highest BCUT2D eigenvalue weighted by atomic mass is 16.0.